The molecule has 0 aliphatic rings. The number of rotatable bonds is 9. The summed E-state index contributed by atoms with van der Waals surface area (Å²) in [6.07, 6.45) is 1.65. The van der Waals surface area contributed by atoms with Crippen molar-refractivity contribution in [3.05, 3.63) is 95.7 Å². The van der Waals surface area contributed by atoms with Crippen LogP contribution < -0.4 is 10.1 Å². The largest absolute Gasteiger partial charge is 0.493 e. The van der Waals surface area contributed by atoms with Gasteiger partial charge in [0.1, 0.15) is 11.4 Å². The SMILES string of the molecule is CCC(=O)Nc1ccc2c(OCCCc3c(C(=O)O)[nH]c4c(-c5ccccc5C)cccc34)cccc2c1. The second kappa shape index (κ2) is 10.8. The molecular formula is C32H30N2O4. The molecule has 0 fully saturated rings. The van der Waals surface area contributed by atoms with E-state index in [2.05, 4.69) is 29.4 Å². The average molecular weight is 507 g/mol. The third-order valence-corrected chi connectivity index (χ3v) is 6.86. The number of ether oxygens (including phenoxy) is 1. The number of aromatic carboxylic acids is 1. The topological polar surface area (TPSA) is 91.4 Å². The van der Waals surface area contributed by atoms with Crippen molar-refractivity contribution in [2.45, 2.75) is 33.1 Å². The van der Waals surface area contributed by atoms with Crippen molar-refractivity contribution < 1.29 is 19.4 Å². The summed E-state index contributed by atoms with van der Waals surface area (Å²) in [5, 5.41) is 15.7. The molecule has 6 heteroatoms. The number of carboxylic acid groups (broad SMARTS) is 1. The lowest BCUT2D eigenvalue weighted by molar-refractivity contribution is -0.115. The maximum atomic E-state index is 12.1. The van der Waals surface area contributed by atoms with E-state index < -0.39 is 5.97 Å². The number of para-hydroxylation sites is 1. The van der Waals surface area contributed by atoms with Gasteiger partial charge in [0.15, 0.2) is 0 Å². The first kappa shape index (κ1) is 25.1. The van der Waals surface area contributed by atoms with E-state index in [4.69, 9.17) is 4.74 Å². The second-order valence-electron chi connectivity index (χ2n) is 9.37. The fourth-order valence-electron chi connectivity index (χ4n) is 4.95. The summed E-state index contributed by atoms with van der Waals surface area (Å²) in [6.45, 7) is 4.32. The molecular weight excluding hydrogens is 476 g/mol. The molecule has 5 rings (SSSR count). The van der Waals surface area contributed by atoms with Crippen LogP contribution in [-0.4, -0.2) is 28.6 Å². The van der Waals surface area contributed by atoms with Crippen LogP contribution in [0.15, 0.2) is 78.9 Å². The Labute approximate surface area is 221 Å². The number of benzene rings is 4. The van der Waals surface area contributed by atoms with E-state index in [0.717, 1.165) is 55.4 Å². The van der Waals surface area contributed by atoms with Gasteiger partial charge in [0, 0.05) is 28.4 Å². The summed E-state index contributed by atoms with van der Waals surface area (Å²) in [5.74, 6) is -0.233. The maximum absolute atomic E-state index is 12.1. The first-order chi connectivity index (χ1) is 18.5. The Balaban J connectivity index is 1.35. The number of aromatic amines is 1. The zero-order valence-electron chi connectivity index (χ0n) is 21.5. The number of aromatic nitrogens is 1. The molecule has 38 heavy (non-hydrogen) atoms. The van der Waals surface area contributed by atoms with E-state index in [-0.39, 0.29) is 11.6 Å². The van der Waals surface area contributed by atoms with Gasteiger partial charge in [-0.05, 0) is 66.1 Å². The molecule has 0 saturated heterocycles. The highest BCUT2D eigenvalue weighted by molar-refractivity contribution is 6.03. The van der Waals surface area contributed by atoms with Crippen molar-refractivity contribution in [3.63, 3.8) is 0 Å². The quantitative estimate of drug-likeness (QED) is 0.182. The molecule has 6 nitrogen and oxygen atoms in total. The van der Waals surface area contributed by atoms with Crippen molar-refractivity contribution in [1.29, 1.82) is 0 Å². The number of fused-ring (bicyclic) bond motifs is 2. The van der Waals surface area contributed by atoms with Crippen LogP contribution in [0.5, 0.6) is 5.75 Å². The highest BCUT2D eigenvalue weighted by Gasteiger charge is 2.19. The number of hydrogen-bond donors (Lipinski definition) is 3. The lowest BCUT2D eigenvalue weighted by Crippen LogP contribution is -2.09. The Kier molecular flexibility index (Phi) is 7.13. The van der Waals surface area contributed by atoms with Crippen molar-refractivity contribution in [2.75, 3.05) is 11.9 Å². The number of amides is 1. The van der Waals surface area contributed by atoms with E-state index in [0.29, 0.717) is 25.9 Å². The van der Waals surface area contributed by atoms with Crippen molar-refractivity contribution in [2.24, 2.45) is 0 Å². The van der Waals surface area contributed by atoms with Gasteiger partial charge in [0.25, 0.3) is 0 Å². The molecule has 0 spiro atoms. The van der Waals surface area contributed by atoms with Gasteiger partial charge in [-0.25, -0.2) is 4.79 Å². The van der Waals surface area contributed by atoms with Crippen LogP contribution in [0.25, 0.3) is 32.8 Å². The molecule has 0 unspecified atom stereocenters. The van der Waals surface area contributed by atoms with Crippen molar-refractivity contribution in [1.82, 2.24) is 4.98 Å². The summed E-state index contributed by atoms with van der Waals surface area (Å²) in [6, 6.07) is 25.7. The van der Waals surface area contributed by atoms with Gasteiger partial charge in [-0.15, -0.1) is 0 Å². The number of carboxylic acids is 1. The molecule has 0 aliphatic carbocycles. The van der Waals surface area contributed by atoms with Crippen LogP contribution >= 0.6 is 0 Å². The zero-order valence-corrected chi connectivity index (χ0v) is 21.5. The lowest BCUT2D eigenvalue weighted by atomic mass is 9.97. The fraction of sp³-hybridized carbons (Fsp3) is 0.188. The third kappa shape index (κ3) is 4.98. The summed E-state index contributed by atoms with van der Waals surface area (Å²) in [7, 11) is 0. The minimum absolute atomic E-state index is 0.0270. The highest BCUT2D eigenvalue weighted by Crippen LogP contribution is 2.34. The smallest absolute Gasteiger partial charge is 0.352 e. The molecule has 0 saturated carbocycles. The summed E-state index contributed by atoms with van der Waals surface area (Å²) in [4.78, 5) is 27.1. The Morgan fingerprint density at radius 3 is 2.50 bits per heavy atom. The Morgan fingerprint density at radius 1 is 0.921 bits per heavy atom. The Bertz CT molecular complexity index is 1650. The first-order valence-electron chi connectivity index (χ1n) is 12.8. The van der Waals surface area contributed by atoms with Gasteiger partial charge in [-0.3, -0.25) is 4.79 Å². The molecule has 4 aromatic carbocycles. The van der Waals surface area contributed by atoms with Gasteiger partial charge in [0.05, 0.1) is 12.1 Å². The molecule has 3 N–H and O–H groups in total. The van der Waals surface area contributed by atoms with Gasteiger partial charge in [-0.2, -0.15) is 0 Å². The molecule has 1 heterocycles. The van der Waals surface area contributed by atoms with Gasteiger partial charge in [-0.1, -0.05) is 61.5 Å². The van der Waals surface area contributed by atoms with Crippen molar-refractivity contribution >= 4 is 39.2 Å². The predicted molar refractivity (Wildman–Crippen MR) is 152 cm³/mol. The minimum Gasteiger partial charge on any atom is -0.493 e. The van der Waals surface area contributed by atoms with E-state index in [1.807, 2.05) is 73.7 Å². The highest BCUT2D eigenvalue weighted by atomic mass is 16.5. The fourth-order valence-corrected chi connectivity index (χ4v) is 4.95. The summed E-state index contributed by atoms with van der Waals surface area (Å²) < 4.78 is 6.14. The second-order valence-corrected chi connectivity index (χ2v) is 9.37. The monoisotopic (exact) mass is 506 g/mol. The average Bonchev–Trinajstić information content (AvgIpc) is 3.30. The molecule has 192 valence electrons. The van der Waals surface area contributed by atoms with E-state index in [9.17, 15) is 14.7 Å². The van der Waals surface area contributed by atoms with Crippen LogP contribution in [0, 0.1) is 6.92 Å². The van der Waals surface area contributed by atoms with E-state index >= 15 is 0 Å². The lowest BCUT2D eigenvalue weighted by Gasteiger charge is -2.11. The minimum atomic E-state index is -0.965. The third-order valence-electron chi connectivity index (χ3n) is 6.86. The van der Waals surface area contributed by atoms with Gasteiger partial charge < -0.3 is 20.1 Å². The number of hydrogen-bond acceptors (Lipinski definition) is 3. The maximum Gasteiger partial charge on any atom is 0.352 e. The number of H-pyrrole nitrogens is 1. The standard InChI is InChI=1S/C32H30N2O4/c1-3-29(35)33-22-16-17-24-21(19-22)10-6-15-28(24)38-18-8-14-27-26-13-7-12-25(23-11-5-4-9-20(23)2)30(26)34-31(27)32(36)37/h4-7,9-13,15-17,19,34H,3,8,14,18H2,1-2H3,(H,33,35)(H,36,37). The molecule has 5 aromatic rings. The van der Waals surface area contributed by atoms with Gasteiger partial charge in [0.2, 0.25) is 5.91 Å². The summed E-state index contributed by atoms with van der Waals surface area (Å²) >= 11 is 0. The number of anilines is 1. The number of carbonyl (C=O) groups excluding carboxylic acids is 1. The predicted octanol–water partition coefficient (Wildman–Crippen LogP) is 7.35. The van der Waals surface area contributed by atoms with Crippen molar-refractivity contribution in [3.8, 4) is 16.9 Å². The van der Waals surface area contributed by atoms with Crippen LogP contribution in [-0.2, 0) is 11.2 Å². The summed E-state index contributed by atoms with van der Waals surface area (Å²) in [5.41, 5.74) is 5.84. The molecule has 0 radical (unpaired) electrons. The number of nitrogens with one attached hydrogen (secondary N) is 2. The van der Waals surface area contributed by atoms with E-state index in [1.54, 1.807) is 0 Å². The Morgan fingerprint density at radius 2 is 1.71 bits per heavy atom. The van der Waals surface area contributed by atoms with Crippen LogP contribution in [0.3, 0.4) is 0 Å². The normalized spacial score (nSPS) is 11.1. The molecule has 0 atom stereocenters. The molecule has 1 aromatic heterocycles. The molecule has 0 aliphatic heterocycles. The zero-order chi connectivity index (χ0) is 26.6. The van der Waals surface area contributed by atoms with Gasteiger partial charge >= 0.3 is 5.97 Å². The van der Waals surface area contributed by atoms with Crippen LogP contribution in [0.4, 0.5) is 5.69 Å². The van der Waals surface area contributed by atoms with Crippen LogP contribution in [0.2, 0.25) is 0 Å². The number of aryl methyl sites for hydroxylation is 2. The molecule has 0 bridgehead atoms. The van der Waals surface area contributed by atoms with E-state index in [1.165, 1.54) is 0 Å². The van der Waals surface area contributed by atoms with Crippen LogP contribution in [0.1, 0.15) is 41.4 Å². The first-order valence-corrected chi connectivity index (χ1v) is 12.8. The number of carbonyl (C=O) groups is 2. The molecule has 1 amide bonds. The Hall–Kier alpha value is -4.58.